The Hall–Kier alpha value is -4.14. The van der Waals surface area contributed by atoms with E-state index in [2.05, 4.69) is 45.5 Å². The van der Waals surface area contributed by atoms with Crippen molar-refractivity contribution in [2.24, 2.45) is 0 Å². The van der Waals surface area contributed by atoms with Crippen LogP contribution in [0, 0.1) is 28.5 Å². The lowest BCUT2D eigenvalue weighted by atomic mass is 9.83. The van der Waals surface area contributed by atoms with Crippen molar-refractivity contribution in [2.45, 2.75) is 69.8 Å². The number of anilines is 1. The summed E-state index contributed by atoms with van der Waals surface area (Å²) >= 11 is 0. The summed E-state index contributed by atoms with van der Waals surface area (Å²) in [6.07, 6.45) is 9.75. The SMILES string of the molecule is CN(C)c1ccc(CN2CCC(N3CC(CC#N)(n4cc(-c5ncnc6c5ccn6COCC[Si](C)(C)C)cn4)C3)CC2)c(F)c1C#N. The van der Waals surface area contributed by atoms with Crippen molar-refractivity contribution in [1.29, 1.82) is 10.5 Å². The highest BCUT2D eigenvalue weighted by Gasteiger charge is 2.48. The van der Waals surface area contributed by atoms with Crippen molar-refractivity contribution in [1.82, 2.24) is 34.1 Å². The van der Waals surface area contributed by atoms with Gasteiger partial charge in [0.2, 0.25) is 0 Å². The molecule has 0 bridgehead atoms. The Balaban J connectivity index is 1.08. The second-order valence-electron chi connectivity index (χ2n) is 14.7. The number of rotatable bonds is 12. The van der Waals surface area contributed by atoms with Crippen LogP contribution in [0.3, 0.4) is 0 Å². The minimum atomic E-state index is -1.16. The zero-order chi connectivity index (χ0) is 34.1. The minimum Gasteiger partial charge on any atom is -0.377 e. The van der Waals surface area contributed by atoms with Gasteiger partial charge in [-0.25, -0.2) is 14.4 Å². The number of hydrogen-bond acceptors (Lipinski definition) is 9. The molecule has 0 atom stereocenters. The van der Waals surface area contributed by atoms with Crippen LogP contribution in [0.15, 0.2) is 43.1 Å². The molecule has 2 saturated heterocycles. The summed E-state index contributed by atoms with van der Waals surface area (Å²) in [6.45, 7) is 11.9. The van der Waals surface area contributed by atoms with E-state index in [9.17, 15) is 10.5 Å². The molecule has 0 N–H and O–H groups in total. The molecule has 2 aliphatic rings. The fraction of sp³-hybridized carbons (Fsp3) is 0.514. The van der Waals surface area contributed by atoms with E-state index in [1.165, 1.54) is 0 Å². The largest absolute Gasteiger partial charge is 0.377 e. The summed E-state index contributed by atoms with van der Waals surface area (Å²) in [5, 5.41) is 25.1. The van der Waals surface area contributed by atoms with Crippen molar-refractivity contribution < 1.29 is 9.13 Å². The fourth-order valence-corrected chi connectivity index (χ4v) is 7.69. The first-order chi connectivity index (χ1) is 23.0. The lowest BCUT2D eigenvalue weighted by molar-refractivity contribution is -0.0436. The highest BCUT2D eigenvalue weighted by atomic mass is 28.3. The highest BCUT2D eigenvalue weighted by molar-refractivity contribution is 6.76. The van der Waals surface area contributed by atoms with E-state index in [1.807, 2.05) is 60.1 Å². The zero-order valence-electron chi connectivity index (χ0n) is 28.7. The summed E-state index contributed by atoms with van der Waals surface area (Å²) in [5.41, 5.74) is 3.41. The van der Waals surface area contributed by atoms with Crippen LogP contribution >= 0.6 is 0 Å². The maximum atomic E-state index is 15.2. The molecule has 0 amide bonds. The Kier molecular flexibility index (Phi) is 9.68. The summed E-state index contributed by atoms with van der Waals surface area (Å²) in [4.78, 5) is 15.7. The van der Waals surface area contributed by atoms with Crippen LogP contribution in [0.1, 0.15) is 30.4 Å². The minimum absolute atomic E-state index is 0.101. The molecule has 0 unspecified atom stereocenters. The van der Waals surface area contributed by atoms with Crippen LogP contribution in [0.25, 0.3) is 22.3 Å². The second kappa shape index (κ2) is 13.8. The molecule has 5 heterocycles. The lowest BCUT2D eigenvalue weighted by Crippen LogP contribution is -2.66. The molecule has 1 aromatic carbocycles. The topological polar surface area (TPSA) is 115 Å². The molecular weight excluding hydrogens is 624 g/mol. The van der Waals surface area contributed by atoms with E-state index < -0.39 is 19.4 Å². The monoisotopic (exact) mass is 668 g/mol. The van der Waals surface area contributed by atoms with Crippen molar-refractivity contribution >= 4 is 24.8 Å². The van der Waals surface area contributed by atoms with Gasteiger partial charge in [0.1, 0.15) is 41.7 Å². The van der Waals surface area contributed by atoms with E-state index in [-0.39, 0.29) is 5.56 Å². The Bertz CT molecular complexity index is 1830. The Morgan fingerprint density at radius 2 is 1.88 bits per heavy atom. The number of ether oxygens (including phenoxy) is 1. The van der Waals surface area contributed by atoms with Gasteiger partial charge in [0.25, 0.3) is 0 Å². The highest BCUT2D eigenvalue weighted by Crippen LogP contribution is 2.37. The molecule has 4 aromatic rings. The summed E-state index contributed by atoms with van der Waals surface area (Å²) in [7, 11) is 2.47. The van der Waals surface area contributed by atoms with Crippen LogP contribution in [-0.4, -0.2) is 95.1 Å². The van der Waals surface area contributed by atoms with E-state index in [0.29, 0.717) is 37.0 Å². The standard InChI is InChI=1S/C35H45FN10OSi/c1-42(2)31-7-6-26(32(36)30(31)18-38)20-43-13-8-28(9-14-43)45-22-35(23-45,11-12-37)46-21-27(19-41-46)33-29-10-15-44(34(29)40-24-39-33)25-47-16-17-48(3,4)5/h6-7,10,15,19,21,24,28H,8-9,11,13-14,16-17,20,22-23,25H2,1-5H3. The number of benzene rings is 1. The lowest BCUT2D eigenvalue weighted by Gasteiger charge is -2.53. The van der Waals surface area contributed by atoms with E-state index >= 15 is 4.39 Å². The third-order valence-corrected chi connectivity index (χ3v) is 11.5. The molecule has 6 rings (SSSR count). The summed E-state index contributed by atoms with van der Waals surface area (Å²) in [6, 6.07) is 11.6. The molecule has 0 aliphatic carbocycles. The molecule has 2 aliphatic heterocycles. The Morgan fingerprint density at radius 3 is 2.56 bits per heavy atom. The van der Waals surface area contributed by atoms with E-state index in [0.717, 1.165) is 74.0 Å². The third kappa shape index (κ3) is 6.87. The molecule has 0 spiro atoms. The average molecular weight is 669 g/mol. The molecule has 3 aromatic heterocycles. The molecule has 0 saturated carbocycles. The number of piperidine rings is 1. The predicted molar refractivity (Wildman–Crippen MR) is 186 cm³/mol. The smallest absolute Gasteiger partial charge is 0.147 e. The van der Waals surface area contributed by atoms with Crippen molar-refractivity contribution in [3.05, 3.63) is 60.1 Å². The van der Waals surface area contributed by atoms with Crippen LogP contribution < -0.4 is 4.90 Å². The number of hydrogen-bond donors (Lipinski definition) is 0. The van der Waals surface area contributed by atoms with Gasteiger partial charge < -0.3 is 14.2 Å². The van der Waals surface area contributed by atoms with Crippen LogP contribution in [-0.2, 0) is 23.6 Å². The van der Waals surface area contributed by atoms with Crippen molar-refractivity contribution in [2.75, 3.05) is 51.8 Å². The first-order valence-electron chi connectivity index (χ1n) is 16.7. The van der Waals surface area contributed by atoms with Gasteiger partial charge in [-0.1, -0.05) is 25.7 Å². The van der Waals surface area contributed by atoms with E-state index in [1.54, 1.807) is 17.3 Å². The molecule has 0 radical (unpaired) electrons. The molecule has 2 fully saturated rings. The molecule has 252 valence electrons. The first kappa shape index (κ1) is 33.7. The average Bonchev–Trinajstić information content (AvgIpc) is 3.70. The maximum absolute atomic E-state index is 15.2. The van der Waals surface area contributed by atoms with Gasteiger partial charge in [0, 0.05) is 83.4 Å². The molecular formula is C35H45FN10OSi. The number of halogens is 1. The van der Waals surface area contributed by atoms with Crippen molar-refractivity contribution in [3.63, 3.8) is 0 Å². The summed E-state index contributed by atoms with van der Waals surface area (Å²) in [5.74, 6) is -0.421. The van der Waals surface area contributed by atoms with Gasteiger partial charge in [-0.05, 0) is 44.1 Å². The first-order valence-corrected chi connectivity index (χ1v) is 20.4. The number of aromatic nitrogens is 5. The second-order valence-corrected chi connectivity index (χ2v) is 20.3. The van der Waals surface area contributed by atoms with Gasteiger partial charge in [-0.3, -0.25) is 14.5 Å². The van der Waals surface area contributed by atoms with E-state index in [4.69, 9.17) is 9.84 Å². The fourth-order valence-electron chi connectivity index (χ4n) is 6.93. The zero-order valence-corrected chi connectivity index (χ0v) is 29.7. The van der Waals surface area contributed by atoms with Gasteiger partial charge in [0.15, 0.2) is 0 Å². The predicted octanol–water partition coefficient (Wildman–Crippen LogP) is 5.27. The number of nitriles is 2. The maximum Gasteiger partial charge on any atom is 0.147 e. The van der Waals surface area contributed by atoms with Gasteiger partial charge >= 0.3 is 0 Å². The number of likely N-dealkylation sites (tertiary alicyclic amines) is 2. The van der Waals surface area contributed by atoms with Crippen LogP contribution in [0.2, 0.25) is 25.7 Å². The van der Waals surface area contributed by atoms with Crippen LogP contribution in [0.5, 0.6) is 0 Å². The Morgan fingerprint density at radius 1 is 1.10 bits per heavy atom. The van der Waals surface area contributed by atoms with Gasteiger partial charge in [0.05, 0.1) is 30.1 Å². The molecule has 11 nitrogen and oxygen atoms in total. The normalized spacial score (nSPS) is 17.2. The third-order valence-electron chi connectivity index (χ3n) is 9.79. The quantitative estimate of drug-likeness (QED) is 0.147. The van der Waals surface area contributed by atoms with Gasteiger partial charge in [-0.2, -0.15) is 15.6 Å². The number of fused-ring (bicyclic) bond motifs is 1. The Labute approximate surface area is 283 Å². The molecule has 13 heteroatoms. The summed E-state index contributed by atoms with van der Waals surface area (Å²) < 4.78 is 25.1. The van der Waals surface area contributed by atoms with Gasteiger partial charge in [-0.15, -0.1) is 0 Å². The van der Waals surface area contributed by atoms with Crippen LogP contribution in [0.4, 0.5) is 10.1 Å². The van der Waals surface area contributed by atoms with Crippen molar-refractivity contribution in [3.8, 4) is 23.4 Å². The number of nitrogens with zero attached hydrogens (tertiary/aromatic N) is 10. The molecule has 48 heavy (non-hydrogen) atoms.